The molecule has 0 heterocycles. The van der Waals surface area contributed by atoms with E-state index in [0.717, 1.165) is 12.1 Å². The largest absolute Gasteiger partial charge is 0.243 e. The van der Waals surface area contributed by atoms with Crippen molar-refractivity contribution in [3.63, 3.8) is 0 Å². The fraction of sp³-hybridized carbons (Fsp3) is 0.111. The van der Waals surface area contributed by atoms with Crippen LogP contribution in [0.4, 0.5) is 4.39 Å². The Hall–Kier alpha value is -0.580. The van der Waals surface area contributed by atoms with Crippen molar-refractivity contribution in [2.24, 2.45) is 0 Å². The second-order valence-corrected chi connectivity index (χ2v) is 5.96. The maximum absolute atomic E-state index is 12.8. The molecule has 2 nitrogen and oxygen atoms in total. The topological polar surface area (TPSA) is 34.1 Å². The van der Waals surface area contributed by atoms with Crippen molar-refractivity contribution in [3.05, 3.63) is 47.3 Å². The highest BCUT2D eigenvalue weighted by Gasteiger charge is 2.22. The summed E-state index contributed by atoms with van der Waals surface area (Å²) in [6.45, 7) is 3.36. The van der Waals surface area contributed by atoms with Crippen LogP contribution in [-0.2, 0) is 9.05 Å². The summed E-state index contributed by atoms with van der Waals surface area (Å²) in [7, 11) is 1.37. The van der Waals surface area contributed by atoms with E-state index in [9.17, 15) is 12.8 Å². The van der Waals surface area contributed by atoms with E-state index in [4.69, 9.17) is 22.3 Å². The Balaban J connectivity index is 3.26. The molecule has 1 aromatic rings. The monoisotopic (exact) mass is 268 g/mol. The van der Waals surface area contributed by atoms with Gasteiger partial charge in [-0.2, -0.15) is 0 Å². The third-order valence-corrected chi connectivity index (χ3v) is 3.73. The molecule has 82 valence electrons. The van der Waals surface area contributed by atoms with Crippen LogP contribution in [0.15, 0.2) is 30.9 Å². The molecule has 0 saturated heterocycles. The SMILES string of the molecule is C=CC(c1ccc(F)c(Cl)c1)S(=O)(=O)Cl. The molecule has 0 aliphatic heterocycles. The van der Waals surface area contributed by atoms with Crippen molar-refractivity contribution in [1.82, 2.24) is 0 Å². The van der Waals surface area contributed by atoms with Gasteiger partial charge in [0.2, 0.25) is 9.05 Å². The highest BCUT2D eigenvalue weighted by Crippen LogP contribution is 2.29. The number of hydrogen-bond acceptors (Lipinski definition) is 2. The van der Waals surface area contributed by atoms with Gasteiger partial charge in [-0.05, 0) is 17.7 Å². The molecule has 0 aliphatic carbocycles. The van der Waals surface area contributed by atoms with E-state index in [0.29, 0.717) is 0 Å². The molecule has 0 spiro atoms. The van der Waals surface area contributed by atoms with Gasteiger partial charge in [-0.25, -0.2) is 12.8 Å². The number of benzene rings is 1. The Morgan fingerprint density at radius 1 is 1.47 bits per heavy atom. The molecule has 1 atom stereocenters. The van der Waals surface area contributed by atoms with Crippen LogP contribution >= 0.6 is 22.3 Å². The number of rotatable bonds is 3. The van der Waals surface area contributed by atoms with E-state index in [-0.39, 0.29) is 10.6 Å². The van der Waals surface area contributed by atoms with Crippen LogP contribution in [0.2, 0.25) is 5.02 Å². The lowest BCUT2D eigenvalue weighted by Crippen LogP contribution is -2.04. The molecule has 0 amide bonds. The normalized spacial score (nSPS) is 13.5. The molecule has 0 aliphatic rings. The van der Waals surface area contributed by atoms with Crippen molar-refractivity contribution in [3.8, 4) is 0 Å². The predicted molar refractivity (Wildman–Crippen MR) is 59.1 cm³/mol. The summed E-state index contributed by atoms with van der Waals surface area (Å²) in [6, 6.07) is 3.59. The fourth-order valence-electron chi connectivity index (χ4n) is 1.10. The van der Waals surface area contributed by atoms with Crippen LogP contribution in [0.3, 0.4) is 0 Å². The summed E-state index contributed by atoms with van der Waals surface area (Å²) in [6.07, 6.45) is 1.16. The van der Waals surface area contributed by atoms with Crippen LogP contribution in [0.1, 0.15) is 10.8 Å². The molecular weight excluding hydrogens is 262 g/mol. The summed E-state index contributed by atoms with van der Waals surface area (Å²) < 4.78 is 35.1. The minimum absolute atomic E-state index is 0.153. The van der Waals surface area contributed by atoms with Gasteiger partial charge in [-0.1, -0.05) is 23.7 Å². The Morgan fingerprint density at radius 3 is 2.47 bits per heavy atom. The van der Waals surface area contributed by atoms with E-state index >= 15 is 0 Å². The first-order chi connectivity index (χ1) is 6.86. The lowest BCUT2D eigenvalue weighted by Gasteiger charge is -2.09. The van der Waals surface area contributed by atoms with Gasteiger partial charge in [-0.15, -0.1) is 6.58 Å². The molecule has 0 radical (unpaired) electrons. The van der Waals surface area contributed by atoms with Gasteiger partial charge in [-0.3, -0.25) is 0 Å². The molecule has 0 fully saturated rings. The first kappa shape index (κ1) is 12.5. The van der Waals surface area contributed by atoms with E-state index in [1.165, 1.54) is 12.1 Å². The maximum Gasteiger partial charge on any atom is 0.243 e. The Labute approximate surface area is 96.7 Å². The molecule has 0 saturated carbocycles. The zero-order chi connectivity index (χ0) is 11.6. The van der Waals surface area contributed by atoms with Gasteiger partial charge in [0.25, 0.3) is 0 Å². The summed E-state index contributed by atoms with van der Waals surface area (Å²) in [5, 5.41) is -1.24. The van der Waals surface area contributed by atoms with E-state index in [2.05, 4.69) is 6.58 Å². The lowest BCUT2D eigenvalue weighted by molar-refractivity contribution is 0.603. The second kappa shape index (κ2) is 4.51. The van der Waals surface area contributed by atoms with Gasteiger partial charge in [0.05, 0.1) is 5.02 Å². The molecule has 1 unspecified atom stereocenters. The molecule has 1 aromatic carbocycles. The van der Waals surface area contributed by atoms with Crippen LogP contribution in [-0.4, -0.2) is 8.42 Å². The molecule has 6 heteroatoms. The van der Waals surface area contributed by atoms with Crippen molar-refractivity contribution in [2.45, 2.75) is 5.25 Å². The van der Waals surface area contributed by atoms with Gasteiger partial charge in [0.15, 0.2) is 0 Å². The molecular formula is C9H7Cl2FO2S. The first-order valence-electron chi connectivity index (χ1n) is 3.87. The molecule has 0 aromatic heterocycles. The highest BCUT2D eigenvalue weighted by molar-refractivity contribution is 8.14. The zero-order valence-corrected chi connectivity index (χ0v) is 9.78. The summed E-state index contributed by atoms with van der Waals surface area (Å²) in [5.41, 5.74) is 0.284. The van der Waals surface area contributed by atoms with Crippen LogP contribution in [0.25, 0.3) is 0 Å². The summed E-state index contributed by atoms with van der Waals surface area (Å²) >= 11 is 5.52. The number of halogens is 3. The van der Waals surface area contributed by atoms with E-state index in [1.807, 2.05) is 0 Å². The van der Waals surface area contributed by atoms with Crippen molar-refractivity contribution in [2.75, 3.05) is 0 Å². The van der Waals surface area contributed by atoms with E-state index in [1.54, 1.807) is 0 Å². The molecule has 0 bridgehead atoms. The Bertz CT molecular complexity index is 485. The van der Waals surface area contributed by atoms with Crippen molar-refractivity contribution >= 4 is 31.3 Å². The molecule has 1 rings (SSSR count). The smallest absolute Gasteiger partial charge is 0.211 e. The third-order valence-electron chi connectivity index (χ3n) is 1.79. The Kier molecular flexibility index (Phi) is 3.76. The third kappa shape index (κ3) is 2.93. The first-order valence-corrected chi connectivity index (χ1v) is 6.62. The predicted octanol–water partition coefficient (Wildman–Crippen LogP) is 3.27. The van der Waals surface area contributed by atoms with Gasteiger partial charge in [0.1, 0.15) is 11.1 Å². The number of hydrogen-bond donors (Lipinski definition) is 0. The minimum atomic E-state index is -3.82. The van der Waals surface area contributed by atoms with Gasteiger partial charge in [0, 0.05) is 10.7 Å². The van der Waals surface area contributed by atoms with Gasteiger partial charge < -0.3 is 0 Å². The zero-order valence-electron chi connectivity index (χ0n) is 7.45. The Morgan fingerprint density at radius 2 is 2.07 bits per heavy atom. The average Bonchev–Trinajstić information content (AvgIpc) is 2.10. The highest BCUT2D eigenvalue weighted by atomic mass is 35.7. The summed E-state index contributed by atoms with van der Waals surface area (Å²) in [4.78, 5) is 0. The van der Waals surface area contributed by atoms with Crippen molar-refractivity contribution in [1.29, 1.82) is 0 Å². The second-order valence-electron chi connectivity index (χ2n) is 2.81. The van der Waals surface area contributed by atoms with Crippen LogP contribution in [0.5, 0.6) is 0 Å². The maximum atomic E-state index is 12.8. The van der Waals surface area contributed by atoms with E-state index < -0.39 is 20.1 Å². The van der Waals surface area contributed by atoms with Gasteiger partial charge >= 0.3 is 0 Å². The lowest BCUT2D eigenvalue weighted by atomic mass is 10.1. The fourth-order valence-corrected chi connectivity index (χ4v) is 2.52. The van der Waals surface area contributed by atoms with Crippen LogP contribution < -0.4 is 0 Å². The standard InChI is InChI=1S/C9H7Cl2FO2S/c1-2-9(15(11,13)14)6-3-4-8(12)7(10)5-6/h2-5,9H,1H2. The quantitative estimate of drug-likeness (QED) is 0.623. The van der Waals surface area contributed by atoms with Crippen molar-refractivity contribution < 1.29 is 12.8 Å². The van der Waals surface area contributed by atoms with Crippen LogP contribution in [0, 0.1) is 5.82 Å². The summed E-state index contributed by atoms with van der Waals surface area (Å²) in [5.74, 6) is -0.616. The minimum Gasteiger partial charge on any atom is -0.211 e. The molecule has 15 heavy (non-hydrogen) atoms. The molecule has 0 N–H and O–H groups in total. The average molecular weight is 269 g/mol.